The van der Waals surface area contributed by atoms with Crippen LogP contribution in [0.3, 0.4) is 0 Å². The minimum atomic E-state index is -0.122. The van der Waals surface area contributed by atoms with Crippen molar-refractivity contribution in [3.05, 3.63) is 59.9 Å². The molecule has 3 nitrogen and oxygen atoms in total. The Labute approximate surface area is 150 Å². The normalized spacial score (nSPS) is 16.7. The van der Waals surface area contributed by atoms with Crippen LogP contribution in [0.1, 0.15) is 18.9 Å². The van der Waals surface area contributed by atoms with Crippen LogP contribution < -0.4 is 9.64 Å². The maximum atomic E-state index is 13.9. The van der Waals surface area contributed by atoms with E-state index in [2.05, 4.69) is 28.9 Å². The van der Waals surface area contributed by atoms with E-state index in [-0.39, 0.29) is 5.82 Å². The van der Waals surface area contributed by atoms with Gasteiger partial charge in [0, 0.05) is 32.2 Å². The predicted molar refractivity (Wildman–Crippen MR) is 101 cm³/mol. The highest BCUT2D eigenvalue weighted by Crippen LogP contribution is 2.21. The molecule has 1 heterocycles. The Bertz CT molecular complexity index is 666. The molecule has 134 valence electrons. The van der Waals surface area contributed by atoms with Gasteiger partial charge in [-0.25, -0.2) is 4.39 Å². The van der Waals surface area contributed by atoms with Crippen molar-refractivity contribution in [1.82, 2.24) is 4.90 Å². The predicted octanol–water partition coefficient (Wildman–Crippen LogP) is 3.98. The molecule has 25 heavy (non-hydrogen) atoms. The molecule has 1 saturated heterocycles. The van der Waals surface area contributed by atoms with Gasteiger partial charge >= 0.3 is 0 Å². The third kappa shape index (κ3) is 4.51. The molecule has 2 aromatic rings. The second-order valence-electron chi connectivity index (χ2n) is 6.71. The Balaban J connectivity index is 1.48. The number of aryl methyl sites for hydroxylation is 1. The molecule has 0 N–H and O–H groups in total. The second-order valence-corrected chi connectivity index (χ2v) is 6.71. The number of anilines is 1. The zero-order valence-electron chi connectivity index (χ0n) is 15.1. The molecule has 0 bridgehead atoms. The Morgan fingerprint density at radius 2 is 1.68 bits per heavy atom. The van der Waals surface area contributed by atoms with Crippen LogP contribution in [0.15, 0.2) is 48.5 Å². The number of nitrogens with zero attached hydrogens (tertiary/aromatic N) is 2. The van der Waals surface area contributed by atoms with E-state index in [0.29, 0.717) is 6.04 Å². The summed E-state index contributed by atoms with van der Waals surface area (Å²) in [4.78, 5) is 4.67. The number of para-hydroxylation sites is 1. The summed E-state index contributed by atoms with van der Waals surface area (Å²) in [6, 6.07) is 15.9. The number of piperazine rings is 1. The Morgan fingerprint density at radius 1 is 1.00 bits per heavy atom. The van der Waals surface area contributed by atoms with Crippen molar-refractivity contribution in [2.45, 2.75) is 25.8 Å². The molecular weight excluding hydrogens is 315 g/mol. The van der Waals surface area contributed by atoms with Crippen LogP contribution in [0.25, 0.3) is 0 Å². The van der Waals surface area contributed by atoms with Crippen molar-refractivity contribution in [2.24, 2.45) is 0 Å². The van der Waals surface area contributed by atoms with Gasteiger partial charge in [0.25, 0.3) is 0 Å². The average molecular weight is 342 g/mol. The van der Waals surface area contributed by atoms with E-state index in [4.69, 9.17) is 4.74 Å². The largest absolute Gasteiger partial charge is 0.497 e. The lowest BCUT2D eigenvalue weighted by Gasteiger charge is -2.39. The summed E-state index contributed by atoms with van der Waals surface area (Å²) in [5.41, 5.74) is 2.07. The summed E-state index contributed by atoms with van der Waals surface area (Å²) in [6.07, 6.45) is 2.20. The Hall–Kier alpha value is -2.07. The monoisotopic (exact) mass is 342 g/mol. The van der Waals surface area contributed by atoms with E-state index in [0.717, 1.165) is 50.5 Å². The van der Waals surface area contributed by atoms with Crippen molar-refractivity contribution in [3.8, 4) is 5.75 Å². The average Bonchev–Trinajstić information content (AvgIpc) is 2.67. The minimum Gasteiger partial charge on any atom is -0.497 e. The van der Waals surface area contributed by atoms with Crippen LogP contribution in [-0.2, 0) is 6.42 Å². The molecule has 1 aliphatic rings. The number of hydrogen-bond acceptors (Lipinski definition) is 3. The summed E-state index contributed by atoms with van der Waals surface area (Å²) in [5.74, 6) is 0.782. The quantitative estimate of drug-likeness (QED) is 0.790. The molecule has 1 atom stereocenters. The first-order valence-corrected chi connectivity index (χ1v) is 9.04. The van der Waals surface area contributed by atoms with E-state index in [9.17, 15) is 4.39 Å². The lowest BCUT2D eigenvalue weighted by molar-refractivity contribution is 0.188. The molecule has 4 heteroatoms. The van der Waals surface area contributed by atoms with Gasteiger partial charge < -0.3 is 9.64 Å². The molecule has 0 aromatic heterocycles. The van der Waals surface area contributed by atoms with Crippen LogP contribution in [0.5, 0.6) is 5.75 Å². The molecule has 2 aromatic carbocycles. The standard InChI is InChI=1S/C21H27FN2O/c1-17(7-8-18-9-11-19(25-2)12-10-18)23-13-15-24(16-14-23)21-6-4-3-5-20(21)22/h3-6,9-12,17H,7-8,13-16H2,1-2H3/t17-/m0/s1. The van der Waals surface area contributed by atoms with Crippen molar-refractivity contribution in [1.29, 1.82) is 0 Å². The summed E-state index contributed by atoms with van der Waals surface area (Å²) >= 11 is 0. The van der Waals surface area contributed by atoms with Crippen LogP contribution in [-0.4, -0.2) is 44.2 Å². The first-order valence-electron chi connectivity index (χ1n) is 9.04. The van der Waals surface area contributed by atoms with E-state index < -0.39 is 0 Å². The van der Waals surface area contributed by atoms with Crippen molar-refractivity contribution < 1.29 is 9.13 Å². The van der Waals surface area contributed by atoms with E-state index in [1.165, 1.54) is 5.56 Å². The summed E-state index contributed by atoms with van der Waals surface area (Å²) in [6.45, 7) is 6.03. The zero-order chi connectivity index (χ0) is 17.6. The lowest BCUT2D eigenvalue weighted by Crippen LogP contribution is -2.50. The molecule has 0 radical (unpaired) electrons. The Kier molecular flexibility index (Phi) is 5.92. The Morgan fingerprint density at radius 3 is 2.32 bits per heavy atom. The lowest BCUT2D eigenvalue weighted by atomic mass is 10.0. The van der Waals surface area contributed by atoms with E-state index in [1.54, 1.807) is 19.2 Å². The summed E-state index contributed by atoms with van der Waals surface area (Å²) in [5, 5.41) is 0. The third-order valence-corrected chi connectivity index (χ3v) is 5.14. The number of hydrogen-bond donors (Lipinski definition) is 0. The topological polar surface area (TPSA) is 15.7 Å². The second kappa shape index (κ2) is 8.34. The fourth-order valence-corrected chi connectivity index (χ4v) is 3.46. The van der Waals surface area contributed by atoms with Crippen molar-refractivity contribution >= 4 is 5.69 Å². The van der Waals surface area contributed by atoms with Gasteiger partial charge in [0.1, 0.15) is 11.6 Å². The number of halogens is 1. The minimum absolute atomic E-state index is 0.122. The molecule has 0 unspecified atom stereocenters. The molecule has 3 rings (SSSR count). The van der Waals surface area contributed by atoms with E-state index in [1.807, 2.05) is 24.3 Å². The number of benzene rings is 2. The third-order valence-electron chi connectivity index (χ3n) is 5.14. The molecule has 1 aliphatic heterocycles. The maximum absolute atomic E-state index is 13.9. The zero-order valence-corrected chi connectivity index (χ0v) is 15.1. The molecule has 1 fully saturated rings. The first-order chi connectivity index (χ1) is 12.2. The van der Waals surface area contributed by atoms with E-state index >= 15 is 0 Å². The molecule has 0 spiro atoms. The fourth-order valence-electron chi connectivity index (χ4n) is 3.46. The summed E-state index contributed by atoms with van der Waals surface area (Å²) in [7, 11) is 1.69. The maximum Gasteiger partial charge on any atom is 0.146 e. The first kappa shape index (κ1) is 17.7. The SMILES string of the molecule is COc1ccc(CC[C@H](C)N2CCN(c3ccccc3F)CC2)cc1. The van der Waals surface area contributed by atoms with Crippen LogP contribution in [0.2, 0.25) is 0 Å². The van der Waals surface area contributed by atoms with Crippen molar-refractivity contribution in [2.75, 3.05) is 38.2 Å². The van der Waals surface area contributed by atoms with Gasteiger partial charge in [-0.2, -0.15) is 0 Å². The molecule has 0 amide bonds. The number of rotatable bonds is 6. The van der Waals surface area contributed by atoms with Gasteiger partial charge in [0.2, 0.25) is 0 Å². The van der Waals surface area contributed by atoms with Gasteiger partial charge in [-0.1, -0.05) is 24.3 Å². The van der Waals surface area contributed by atoms with Gasteiger partial charge in [-0.15, -0.1) is 0 Å². The highest BCUT2D eigenvalue weighted by atomic mass is 19.1. The van der Waals surface area contributed by atoms with Crippen LogP contribution in [0, 0.1) is 5.82 Å². The van der Waals surface area contributed by atoms with Gasteiger partial charge in [0.05, 0.1) is 12.8 Å². The van der Waals surface area contributed by atoms with Gasteiger partial charge in [-0.05, 0) is 49.6 Å². The number of ether oxygens (including phenoxy) is 1. The highest BCUT2D eigenvalue weighted by Gasteiger charge is 2.22. The van der Waals surface area contributed by atoms with Crippen molar-refractivity contribution in [3.63, 3.8) is 0 Å². The molecule has 0 saturated carbocycles. The van der Waals surface area contributed by atoms with Crippen LogP contribution >= 0.6 is 0 Å². The smallest absolute Gasteiger partial charge is 0.146 e. The van der Waals surface area contributed by atoms with Gasteiger partial charge in [0.15, 0.2) is 0 Å². The molecule has 0 aliphatic carbocycles. The fraction of sp³-hybridized carbons (Fsp3) is 0.429. The number of methoxy groups -OCH3 is 1. The highest BCUT2D eigenvalue weighted by molar-refractivity contribution is 5.48. The summed E-state index contributed by atoms with van der Waals surface area (Å²) < 4.78 is 19.1. The van der Waals surface area contributed by atoms with Crippen LogP contribution in [0.4, 0.5) is 10.1 Å². The van der Waals surface area contributed by atoms with Gasteiger partial charge in [-0.3, -0.25) is 4.90 Å². The molecular formula is C21H27FN2O.